The lowest BCUT2D eigenvalue weighted by molar-refractivity contribution is 0.660. The van der Waals surface area contributed by atoms with Gasteiger partial charge in [0.2, 0.25) is 0 Å². The first-order valence-corrected chi connectivity index (χ1v) is 18.4. The summed E-state index contributed by atoms with van der Waals surface area (Å²) in [5, 5.41) is 7.62. The molecule has 0 bridgehead atoms. The number of hydrogen-bond acceptors (Lipinski definition) is 2. The van der Waals surface area contributed by atoms with Crippen molar-refractivity contribution < 1.29 is 0 Å². The van der Waals surface area contributed by atoms with E-state index in [2.05, 4.69) is 218 Å². The van der Waals surface area contributed by atoms with Gasteiger partial charge in [-0.05, 0) is 127 Å². The van der Waals surface area contributed by atoms with Crippen LogP contribution in [-0.4, -0.2) is 0 Å². The van der Waals surface area contributed by atoms with Crippen molar-refractivity contribution in [3.05, 3.63) is 205 Å². The SMILES string of the molecule is CC1(C)c2ccccc2-c2ccc(N(c3ccc(N(c4ccccc4)c4ccccc4)cc3)c3ccc4c(ccc5c6ccccc6ccc45)c3)cc21. The van der Waals surface area contributed by atoms with Gasteiger partial charge in [-0.2, -0.15) is 0 Å². The molecule has 53 heavy (non-hydrogen) atoms. The highest BCUT2D eigenvalue weighted by Crippen LogP contribution is 2.51. The van der Waals surface area contributed by atoms with E-state index in [9.17, 15) is 0 Å². The molecule has 252 valence electrons. The first kappa shape index (κ1) is 31.1. The van der Waals surface area contributed by atoms with Crippen LogP contribution in [-0.2, 0) is 5.41 Å². The molecule has 1 aliphatic rings. The molecule has 0 unspecified atom stereocenters. The van der Waals surface area contributed by atoms with Gasteiger partial charge < -0.3 is 9.80 Å². The van der Waals surface area contributed by atoms with Crippen molar-refractivity contribution >= 4 is 66.4 Å². The number of para-hydroxylation sites is 2. The number of nitrogens with zero attached hydrogens (tertiary/aromatic N) is 2. The number of anilines is 6. The van der Waals surface area contributed by atoms with Crippen LogP contribution in [0.5, 0.6) is 0 Å². The summed E-state index contributed by atoms with van der Waals surface area (Å²) in [6, 6.07) is 70.8. The van der Waals surface area contributed by atoms with Crippen LogP contribution in [0.2, 0.25) is 0 Å². The number of benzene rings is 9. The minimum absolute atomic E-state index is 0.103. The van der Waals surface area contributed by atoms with Crippen molar-refractivity contribution in [1.82, 2.24) is 0 Å². The maximum atomic E-state index is 2.42. The summed E-state index contributed by atoms with van der Waals surface area (Å²) in [4.78, 5) is 4.73. The lowest BCUT2D eigenvalue weighted by Crippen LogP contribution is -2.16. The van der Waals surface area contributed by atoms with E-state index < -0.39 is 0 Å². The monoisotopic (exact) mass is 678 g/mol. The van der Waals surface area contributed by atoms with Gasteiger partial charge in [-0.1, -0.05) is 135 Å². The molecule has 9 aromatic carbocycles. The van der Waals surface area contributed by atoms with Gasteiger partial charge in [0.15, 0.2) is 0 Å². The van der Waals surface area contributed by atoms with Gasteiger partial charge in [0.25, 0.3) is 0 Å². The van der Waals surface area contributed by atoms with Crippen LogP contribution in [0.1, 0.15) is 25.0 Å². The smallest absolute Gasteiger partial charge is 0.0468 e. The van der Waals surface area contributed by atoms with E-state index in [0.717, 1.165) is 34.1 Å². The third-order valence-electron chi connectivity index (χ3n) is 11.2. The van der Waals surface area contributed by atoms with Gasteiger partial charge in [-0.15, -0.1) is 0 Å². The molecule has 1 aliphatic carbocycles. The van der Waals surface area contributed by atoms with Gasteiger partial charge in [0.1, 0.15) is 0 Å². The topological polar surface area (TPSA) is 6.48 Å². The molecule has 0 fully saturated rings. The minimum atomic E-state index is -0.103. The molecule has 0 radical (unpaired) electrons. The maximum Gasteiger partial charge on any atom is 0.0468 e. The quantitative estimate of drug-likeness (QED) is 0.162. The molecule has 0 N–H and O–H groups in total. The number of hydrogen-bond donors (Lipinski definition) is 0. The Bertz CT molecular complexity index is 2760. The van der Waals surface area contributed by atoms with E-state index in [-0.39, 0.29) is 5.41 Å². The summed E-state index contributed by atoms with van der Waals surface area (Å²) in [5.74, 6) is 0. The Morgan fingerprint density at radius 2 is 0.755 bits per heavy atom. The zero-order valence-electron chi connectivity index (χ0n) is 29.9. The summed E-state index contributed by atoms with van der Waals surface area (Å²) >= 11 is 0. The van der Waals surface area contributed by atoms with Crippen molar-refractivity contribution in [3.63, 3.8) is 0 Å². The van der Waals surface area contributed by atoms with Gasteiger partial charge >= 0.3 is 0 Å². The highest BCUT2D eigenvalue weighted by atomic mass is 15.2. The Morgan fingerprint density at radius 1 is 0.302 bits per heavy atom. The largest absolute Gasteiger partial charge is 0.311 e. The molecule has 10 rings (SSSR count). The molecule has 0 saturated heterocycles. The molecule has 0 atom stereocenters. The zero-order chi connectivity index (χ0) is 35.5. The van der Waals surface area contributed by atoms with E-state index in [1.807, 2.05) is 0 Å². The highest BCUT2D eigenvalue weighted by Gasteiger charge is 2.35. The van der Waals surface area contributed by atoms with E-state index in [1.54, 1.807) is 0 Å². The third kappa shape index (κ3) is 5.10. The normalized spacial score (nSPS) is 12.9. The van der Waals surface area contributed by atoms with Crippen molar-refractivity contribution in [2.24, 2.45) is 0 Å². The Hall–Kier alpha value is -6.64. The number of fused-ring (bicyclic) bond motifs is 8. The van der Waals surface area contributed by atoms with Gasteiger partial charge in [0, 0.05) is 39.5 Å². The molecule has 0 saturated carbocycles. The van der Waals surface area contributed by atoms with E-state index >= 15 is 0 Å². The van der Waals surface area contributed by atoms with Crippen LogP contribution in [0.25, 0.3) is 43.4 Å². The van der Waals surface area contributed by atoms with Crippen molar-refractivity contribution in [2.45, 2.75) is 19.3 Å². The number of rotatable bonds is 6. The Labute approximate surface area is 310 Å². The second kappa shape index (κ2) is 12.3. The fourth-order valence-corrected chi connectivity index (χ4v) is 8.59. The zero-order valence-corrected chi connectivity index (χ0v) is 29.9. The van der Waals surface area contributed by atoms with Gasteiger partial charge in [-0.3, -0.25) is 0 Å². The average Bonchev–Trinajstić information content (AvgIpc) is 3.44. The first-order chi connectivity index (χ1) is 26.0. The van der Waals surface area contributed by atoms with Crippen molar-refractivity contribution in [2.75, 3.05) is 9.80 Å². The minimum Gasteiger partial charge on any atom is -0.311 e. The molecular weight excluding hydrogens is 641 g/mol. The summed E-state index contributed by atoms with van der Waals surface area (Å²) in [7, 11) is 0. The third-order valence-corrected chi connectivity index (χ3v) is 11.2. The molecule has 0 aliphatic heterocycles. The molecular formula is C51H38N2. The molecule has 2 nitrogen and oxygen atoms in total. The average molecular weight is 679 g/mol. The molecule has 9 aromatic rings. The molecule has 0 heterocycles. The standard InChI is InChI=1S/C51H38N2/c1-51(2)49-20-12-11-19-47(49)48-32-28-42(34-50(48)51)53(40-25-23-39(24-26-40)52(37-14-5-3-6-15-37)38-16-7-4-8-17-38)41-27-31-44-36(33-41)22-30-45-43-18-10-9-13-35(43)21-29-46(44)45/h3-34H,1-2H3. The summed E-state index contributed by atoms with van der Waals surface area (Å²) < 4.78 is 0. The predicted octanol–water partition coefficient (Wildman–Crippen LogP) is 14.4. The first-order valence-electron chi connectivity index (χ1n) is 18.4. The molecule has 0 amide bonds. The predicted molar refractivity (Wildman–Crippen MR) is 226 cm³/mol. The molecule has 0 spiro atoms. The Morgan fingerprint density at radius 3 is 1.45 bits per heavy atom. The van der Waals surface area contributed by atoms with Crippen LogP contribution in [0.15, 0.2) is 194 Å². The van der Waals surface area contributed by atoms with Crippen LogP contribution < -0.4 is 9.80 Å². The lowest BCUT2D eigenvalue weighted by atomic mass is 9.82. The lowest BCUT2D eigenvalue weighted by Gasteiger charge is -2.30. The van der Waals surface area contributed by atoms with Crippen LogP contribution in [0, 0.1) is 0 Å². The van der Waals surface area contributed by atoms with Gasteiger partial charge in [-0.25, -0.2) is 0 Å². The summed E-state index contributed by atoms with van der Waals surface area (Å²) in [6.45, 7) is 4.71. The van der Waals surface area contributed by atoms with Crippen LogP contribution >= 0.6 is 0 Å². The highest BCUT2D eigenvalue weighted by molar-refractivity contribution is 6.17. The fraction of sp³-hybridized carbons (Fsp3) is 0.0588. The van der Waals surface area contributed by atoms with Crippen molar-refractivity contribution in [3.8, 4) is 11.1 Å². The second-order valence-electron chi connectivity index (χ2n) is 14.6. The van der Waals surface area contributed by atoms with E-state index in [0.29, 0.717) is 0 Å². The Kier molecular flexibility index (Phi) is 7.19. The van der Waals surface area contributed by atoms with Crippen molar-refractivity contribution in [1.29, 1.82) is 0 Å². The molecule has 2 heteroatoms. The van der Waals surface area contributed by atoms with Crippen LogP contribution in [0.3, 0.4) is 0 Å². The summed E-state index contributed by atoms with van der Waals surface area (Å²) in [6.07, 6.45) is 0. The molecule has 0 aromatic heterocycles. The van der Waals surface area contributed by atoms with E-state index in [1.165, 1.54) is 54.6 Å². The van der Waals surface area contributed by atoms with Crippen LogP contribution in [0.4, 0.5) is 34.1 Å². The second-order valence-corrected chi connectivity index (χ2v) is 14.6. The maximum absolute atomic E-state index is 2.42. The fourth-order valence-electron chi connectivity index (χ4n) is 8.59. The Balaban J connectivity index is 1.13. The summed E-state index contributed by atoms with van der Waals surface area (Å²) in [5.41, 5.74) is 12.0. The van der Waals surface area contributed by atoms with Gasteiger partial charge in [0.05, 0.1) is 0 Å². The van der Waals surface area contributed by atoms with E-state index in [4.69, 9.17) is 0 Å².